The Bertz CT molecular complexity index is 635. The summed E-state index contributed by atoms with van der Waals surface area (Å²) in [4.78, 5) is 25.8. The van der Waals surface area contributed by atoms with E-state index in [2.05, 4.69) is 21.2 Å². The van der Waals surface area contributed by atoms with Gasteiger partial charge in [0.15, 0.2) is 0 Å². The van der Waals surface area contributed by atoms with Crippen LogP contribution in [0.1, 0.15) is 12.5 Å². The standard InChI is InChI=1S/C14H19N5O2/c1-9(15)13(20)18-19-14(21)16-7-6-10-8-17-12-5-3-2-4-11(10)12/h2-5,8-9,17H,6-7,15H2,1H3,(H,18,20)(H2,16,19,21). The quantitative estimate of drug-likeness (QED) is 0.525. The summed E-state index contributed by atoms with van der Waals surface area (Å²) in [6, 6.07) is 6.84. The van der Waals surface area contributed by atoms with Gasteiger partial charge in [0.25, 0.3) is 5.91 Å². The van der Waals surface area contributed by atoms with Crippen LogP contribution < -0.4 is 21.9 Å². The Morgan fingerprint density at radius 3 is 2.81 bits per heavy atom. The largest absolute Gasteiger partial charge is 0.361 e. The zero-order chi connectivity index (χ0) is 15.2. The highest BCUT2D eigenvalue weighted by molar-refractivity contribution is 5.84. The first-order chi connectivity index (χ1) is 10.1. The van der Waals surface area contributed by atoms with E-state index < -0.39 is 18.0 Å². The van der Waals surface area contributed by atoms with Crippen molar-refractivity contribution in [3.05, 3.63) is 36.0 Å². The number of nitrogens with two attached hydrogens (primary N) is 1. The van der Waals surface area contributed by atoms with Crippen molar-refractivity contribution >= 4 is 22.8 Å². The summed E-state index contributed by atoms with van der Waals surface area (Å²) in [5.41, 5.74) is 12.0. The van der Waals surface area contributed by atoms with Crippen LogP contribution in [-0.2, 0) is 11.2 Å². The molecule has 1 heterocycles. The molecule has 6 N–H and O–H groups in total. The molecule has 0 spiro atoms. The molecule has 7 nitrogen and oxygen atoms in total. The van der Waals surface area contributed by atoms with Crippen LogP contribution in [-0.4, -0.2) is 29.5 Å². The van der Waals surface area contributed by atoms with E-state index in [-0.39, 0.29) is 0 Å². The molecule has 0 radical (unpaired) electrons. The number of urea groups is 1. The lowest BCUT2D eigenvalue weighted by Gasteiger charge is -2.10. The molecule has 0 bridgehead atoms. The number of aromatic nitrogens is 1. The summed E-state index contributed by atoms with van der Waals surface area (Å²) in [6.07, 6.45) is 2.63. The normalized spacial score (nSPS) is 11.9. The van der Waals surface area contributed by atoms with E-state index in [4.69, 9.17) is 5.73 Å². The molecule has 21 heavy (non-hydrogen) atoms. The average molecular weight is 289 g/mol. The van der Waals surface area contributed by atoms with Crippen LogP contribution in [0.25, 0.3) is 10.9 Å². The minimum atomic E-state index is -0.670. The van der Waals surface area contributed by atoms with E-state index in [1.807, 2.05) is 30.5 Å². The molecule has 7 heteroatoms. The Morgan fingerprint density at radius 2 is 2.05 bits per heavy atom. The van der Waals surface area contributed by atoms with Crippen LogP contribution in [0.2, 0.25) is 0 Å². The number of H-pyrrole nitrogens is 1. The van der Waals surface area contributed by atoms with Gasteiger partial charge in [-0.2, -0.15) is 0 Å². The zero-order valence-electron chi connectivity index (χ0n) is 11.8. The number of nitrogens with one attached hydrogen (secondary N) is 4. The van der Waals surface area contributed by atoms with Crippen molar-refractivity contribution in [3.63, 3.8) is 0 Å². The van der Waals surface area contributed by atoms with Gasteiger partial charge in [0.05, 0.1) is 6.04 Å². The Labute approximate surface area is 122 Å². The SMILES string of the molecule is CC(N)C(=O)NNC(=O)NCCc1c[nH]c2ccccc12. The first-order valence-corrected chi connectivity index (χ1v) is 6.72. The predicted molar refractivity (Wildman–Crippen MR) is 80.3 cm³/mol. The van der Waals surface area contributed by atoms with Gasteiger partial charge in [-0.05, 0) is 25.0 Å². The maximum atomic E-state index is 11.5. The summed E-state index contributed by atoms with van der Waals surface area (Å²) in [6.45, 7) is 1.99. The molecule has 0 saturated heterocycles. The Hall–Kier alpha value is -2.54. The number of aromatic amines is 1. The van der Waals surface area contributed by atoms with E-state index in [0.29, 0.717) is 13.0 Å². The van der Waals surface area contributed by atoms with Crippen LogP contribution >= 0.6 is 0 Å². The molecule has 0 saturated carbocycles. The van der Waals surface area contributed by atoms with Gasteiger partial charge in [-0.25, -0.2) is 10.2 Å². The number of carbonyl (C=O) groups excluding carboxylic acids is 2. The zero-order valence-corrected chi connectivity index (χ0v) is 11.8. The minimum Gasteiger partial charge on any atom is -0.361 e. The van der Waals surface area contributed by atoms with Crippen molar-refractivity contribution in [2.24, 2.45) is 5.73 Å². The fourth-order valence-electron chi connectivity index (χ4n) is 1.93. The lowest BCUT2D eigenvalue weighted by atomic mass is 10.1. The van der Waals surface area contributed by atoms with Gasteiger partial charge < -0.3 is 16.0 Å². The fourth-order valence-corrected chi connectivity index (χ4v) is 1.93. The molecule has 1 aromatic heterocycles. The van der Waals surface area contributed by atoms with Gasteiger partial charge in [0, 0.05) is 23.6 Å². The topological polar surface area (TPSA) is 112 Å². The molecule has 0 aliphatic carbocycles. The lowest BCUT2D eigenvalue weighted by Crippen LogP contribution is -2.51. The summed E-state index contributed by atoms with van der Waals surface area (Å²) in [7, 11) is 0. The van der Waals surface area contributed by atoms with E-state index in [9.17, 15) is 9.59 Å². The third kappa shape index (κ3) is 3.96. The monoisotopic (exact) mass is 289 g/mol. The van der Waals surface area contributed by atoms with Crippen molar-refractivity contribution in [2.75, 3.05) is 6.54 Å². The summed E-state index contributed by atoms with van der Waals surface area (Å²) in [5, 5.41) is 3.80. The van der Waals surface area contributed by atoms with Crippen molar-refractivity contribution in [1.29, 1.82) is 0 Å². The molecule has 112 valence electrons. The average Bonchev–Trinajstić information content (AvgIpc) is 2.88. The molecule has 2 rings (SSSR count). The van der Waals surface area contributed by atoms with Crippen LogP contribution in [0.4, 0.5) is 4.79 Å². The van der Waals surface area contributed by atoms with Crippen molar-refractivity contribution in [2.45, 2.75) is 19.4 Å². The van der Waals surface area contributed by atoms with Crippen LogP contribution in [0.3, 0.4) is 0 Å². The first-order valence-electron chi connectivity index (χ1n) is 6.72. The molecule has 0 aliphatic rings. The summed E-state index contributed by atoms with van der Waals surface area (Å²) >= 11 is 0. The van der Waals surface area contributed by atoms with E-state index in [1.54, 1.807) is 0 Å². The number of amides is 3. The van der Waals surface area contributed by atoms with Crippen molar-refractivity contribution in [1.82, 2.24) is 21.2 Å². The smallest absolute Gasteiger partial charge is 0.333 e. The Kier molecular flexibility index (Phi) is 4.78. The van der Waals surface area contributed by atoms with E-state index >= 15 is 0 Å². The third-order valence-corrected chi connectivity index (χ3v) is 3.07. The van der Waals surface area contributed by atoms with Crippen LogP contribution in [0.5, 0.6) is 0 Å². The van der Waals surface area contributed by atoms with Gasteiger partial charge >= 0.3 is 6.03 Å². The Morgan fingerprint density at radius 1 is 1.29 bits per heavy atom. The minimum absolute atomic E-state index is 0.443. The molecular formula is C14H19N5O2. The predicted octanol–water partition coefficient (Wildman–Crippen LogP) is 0.388. The molecule has 0 fully saturated rings. The number of rotatable bonds is 4. The molecule has 2 aromatic rings. The fraction of sp³-hybridized carbons (Fsp3) is 0.286. The first kappa shape index (κ1) is 14.9. The van der Waals surface area contributed by atoms with Gasteiger partial charge in [-0.1, -0.05) is 18.2 Å². The van der Waals surface area contributed by atoms with Gasteiger partial charge in [0.1, 0.15) is 0 Å². The highest BCUT2D eigenvalue weighted by Crippen LogP contribution is 2.17. The number of para-hydroxylation sites is 1. The maximum Gasteiger partial charge on any atom is 0.333 e. The van der Waals surface area contributed by atoms with Crippen LogP contribution in [0.15, 0.2) is 30.5 Å². The highest BCUT2D eigenvalue weighted by Gasteiger charge is 2.08. The van der Waals surface area contributed by atoms with Gasteiger partial charge in [-0.3, -0.25) is 10.2 Å². The number of hydrogen-bond acceptors (Lipinski definition) is 3. The second-order valence-corrected chi connectivity index (χ2v) is 4.77. The van der Waals surface area contributed by atoms with Crippen molar-refractivity contribution in [3.8, 4) is 0 Å². The number of fused-ring (bicyclic) bond motifs is 1. The molecule has 3 amide bonds. The van der Waals surface area contributed by atoms with Gasteiger partial charge in [0.2, 0.25) is 0 Å². The number of benzene rings is 1. The molecule has 1 aromatic carbocycles. The summed E-state index contributed by atoms with van der Waals surface area (Å²) in [5.74, 6) is -0.443. The van der Waals surface area contributed by atoms with E-state index in [1.165, 1.54) is 6.92 Å². The summed E-state index contributed by atoms with van der Waals surface area (Å²) < 4.78 is 0. The second kappa shape index (κ2) is 6.76. The van der Waals surface area contributed by atoms with Crippen molar-refractivity contribution < 1.29 is 9.59 Å². The molecular weight excluding hydrogens is 270 g/mol. The number of hydrazine groups is 1. The van der Waals surface area contributed by atoms with E-state index in [0.717, 1.165) is 16.5 Å². The molecule has 1 atom stereocenters. The van der Waals surface area contributed by atoms with Crippen LogP contribution in [0, 0.1) is 0 Å². The Balaban J connectivity index is 1.76. The molecule has 0 aliphatic heterocycles. The number of hydrogen-bond donors (Lipinski definition) is 5. The lowest BCUT2D eigenvalue weighted by molar-refractivity contribution is -0.122. The second-order valence-electron chi connectivity index (χ2n) is 4.77. The number of carbonyl (C=O) groups is 2. The third-order valence-electron chi connectivity index (χ3n) is 3.07. The van der Waals surface area contributed by atoms with Gasteiger partial charge in [-0.15, -0.1) is 0 Å². The highest BCUT2D eigenvalue weighted by atomic mass is 16.2. The maximum absolute atomic E-state index is 11.5. The molecule has 1 unspecified atom stereocenters.